The number of nitrogens with one attached hydrogen (secondary N) is 1. The van der Waals surface area contributed by atoms with Crippen molar-refractivity contribution >= 4 is 29.5 Å². The van der Waals surface area contributed by atoms with E-state index in [1.807, 2.05) is 12.3 Å². The van der Waals surface area contributed by atoms with Crippen LogP contribution in [0.2, 0.25) is 0 Å². The van der Waals surface area contributed by atoms with Crippen LogP contribution in [0.1, 0.15) is 25.7 Å². The molecule has 0 saturated heterocycles. The minimum absolute atomic E-state index is 0.0555. The minimum atomic E-state index is -1.05. The van der Waals surface area contributed by atoms with E-state index in [9.17, 15) is 19.5 Å². The Hall–Kier alpha value is -2.42. The molecule has 1 atom stereocenters. The molecule has 2 rings (SSSR count). The first-order valence-corrected chi connectivity index (χ1v) is 10.9. The molecule has 2 N–H and O–H groups in total. The summed E-state index contributed by atoms with van der Waals surface area (Å²) in [5.41, 5.74) is 0. The van der Waals surface area contributed by atoms with Gasteiger partial charge in [-0.05, 0) is 43.4 Å². The van der Waals surface area contributed by atoms with Gasteiger partial charge in [-0.15, -0.1) is 0 Å². The number of benzene rings is 1. The molecule has 0 spiro atoms. The van der Waals surface area contributed by atoms with Crippen LogP contribution in [-0.4, -0.2) is 72.1 Å². The van der Waals surface area contributed by atoms with Gasteiger partial charge >= 0.3 is 5.97 Å². The summed E-state index contributed by atoms with van der Waals surface area (Å²) in [6.45, 7) is 0.0868. The molecule has 0 heterocycles. The maximum Gasteiger partial charge on any atom is 0.326 e. The van der Waals surface area contributed by atoms with Crippen LogP contribution >= 0.6 is 11.8 Å². The molecule has 1 aromatic carbocycles. The van der Waals surface area contributed by atoms with Crippen molar-refractivity contribution in [3.05, 3.63) is 24.3 Å². The van der Waals surface area contributed by atoms with Crippen LogP contribution in [0.3, 0.4) is 0 Å². The first-order valence-electron chi connectivity index (χ1n) is 9.52. The number of rotatable bonds is 13. The van der Waals surface area contributed by atoms with Crippen molar-refractivity contribution < 1.29 is 29.0 Å². The van der Waals surface area contributed by atoms with Gasteiger partial charge in [0, 0.05) is 19.0 Å². The number of hydrogen-bond acceptors (Lipinski definition) is 6. The van der Waals surface area contributed by atoms with Gasteiger partial charge in [0.2, 0.25) is 5.91 Å². The highest BCUT2D eigenvalue weighted by Gasteiger charge is 2.33. The Labute approximate surface area is 174 Å². The lowest BCUT2D eigenvalue weighted by atomic mass is 10.2. The number of carboxylic acid groups (broad SMARTS) is 1. The zero-order chi connectivity index (χ0) is 21.2. The predicted molar refractivity (Wildman–Crippen MR) is 110 cm³/mol. The van der Waals surface area contributed by atoms with Crippen molar-refractivity contribution in [1.82, 2.24) is 10.2 Å². The van der Waals surface area contributed by atoms with Crippen molar-refractivity contribution in [3.63, 3.8) is 0 Å². The van der Waals surface area contributed by atoms with Crippen LogP contribution in [0.25, 0.3) is 0 Å². The quantitative estimate of drug-likeness (QED) is 0.497. The molecule has 1 fully saturated rings. The van der Waals surface area contributed by atoms with Crippen molar-refractivity contribution in [2.75, 3.05) is 32.3 Å². The van der Waals surface area contributed by atoms with Gasteiger partial charge in [-0.3, -0.25) is 9.59 Å². The van der Waals surface area contributed by atoms with Gasteiger partial charge in [0.05, 0.1) is 7.11 Å². The molecule has 8 nitrogen and oxygen atoms in total. The fourth-order valence-electron chi connectivity index (χ4n) is 2.84. The lowest BCUT2D eigenvalue weighted by Gasteiger charge is -2.23. The van der Waals surface area contributed by atoms with Crippen LogP contribution in [0, 0.1) is 0 Å². The molecule has 9 heteroatoms. The van der Waals surface area contributed by atoms with Gasteiger partial charge in [0.25, 0.3) is 5.91 Å². The molecule has 0 radical (unpaired) electrons. The lowest BCUT2D eigenvalue weighted by molar-refractivity contribution is -0.142. The second kappa shape index (κ2) is 11.5. The Kier molecular flexibility index (Phi) is 9.11. The molecule has 0 aliphatic heterocycles. The molecule has 2 amide bonds. The van der Waals surface area contributed by atoms with Gasteiger partial charge in [-0.25, -0.2) is 4.79 Å². The second-order valence-corrected chi connectivity index (χ2v) is 7.73. The number of para-hydroxylation sites is 2. The largest absolute Gasteiger partial charge is 0.493 e. The zero-order valence-corrected chi connectivity index (χ0v) is 17.6. The molecule has 29 heavy (non-hydrogen) atoms. The normalized spacial score (nSPS) is 14.0. The van der Waals surface area contributed by atoms with E-state index in [1.165, 1.54) is 18.9 Å². The summed E-state index contributed by atoms with van der Waals surface area (Å²) >= 11 is 1.52. The van der Waals surface area contributed by atoms with Crippen molar-refractivity contribution in [1.29, 1.82) is 0 Å². The summed E-state index contributed by atoms with van der Waals surface area (Å²) in [6.07, 6.45) is 4.09. The van der Waals surface area contributed by atoms with E-state index in [1.54, 1.807) is 23.1 Å². The van der Waals surface area contributed by atoms with Crippen LogP contribution in [0.15, 0.2) is 24.3 Å². The summed E-state index contributed by atoms with van der Waals surface area (Å²) in [4.78, 5) is 37.7. The van der Waals surface area contributed by atoms with Crippen molar-refractivity contribution in [2.24, 2.45) is 0 Å². The number of ether oxygens (including phenoxy) is 2. The highest BCUT2D eigenvalue weighted by molar-refractivity contribution is 7.98. The number of nitrogens with zero attached hydrogens (tertiary/aromatic N) is 1. The summed E-state index contributed by atoms with van der Waals surface area (Å²) in [7, 11) is 1.53. The first kappa shape index (κ1) is 22.9. The molecule has 0 aromatic heterocycles. The Bertz CT molecular complexity index is 710. The van der Waals surface area contributed by atoms with E-state index in [2.05, 4.69) is 5.32 Å². The lowest BCUT2D eigenvalue weighted by Crippen LogP contribution is -2.44. The van der Waals surface area contributed by atoms with E-state index < -0.39 is 12.0 Å². The maximum atomic E-state index is 12.6. The molecular formula is C20H28N2O6S. The zero-order valence-electron chi connectivity index (χ0n) is 16.8. The van der Waals surface area contributed by atoms with Gasteiger partial charge in [0.15, 0.2) is 18.1 Å². The molecule has 0 bridgehead atoms. The van der Waals surface area contributed by atoms with Crippen LogP contribution in [0.4, 0.5) is 0 Å². The third-order valence-electron chi connectivity index (χ3n) is 4.55. The third-order valence-corrected chi connectivity index (χ3v) is 5.20. The summed E-state index contributed by atoms with van der Waals surface area (Å²) < 4.78 is 10.8. The van der Waals surface area contributed by atoms with E-state index in [4.69, 9.17) is 9.47 Å². The van der Waals surface area contributed by atoms with Gasteiger partial charge in [-0.1, -0.05) is 12.1 Å². The average Bonchev–Trinajstić information content (AvgIpc) is 3.54. The first-order chi connectivity index (χ1) is 14.0. The molecule has 1 saturated carbocycles. The van der Waals surface area contributed by atoms with Gasteiger partial charge in [0.1, 0.15) is 6.04 Å². The molecule has 1 aliphatic rings. The van der Waals surface area contributed by atoms with Crippen LogP contribution in [-0.2, 0) is 14.4 Å². The Balaban J connectivity index is 1.85. The molecular weight excluding hydrogens is 396 g/mol. The molecule has 1 aliphatic carbocycles. The average molecular weight is 425 g/mol. The number of carbonyl (C=O) groups is 3. The smallest absolute Gasteiger partial charge is 0.326 e. The molecule has 1 aromatic rings. The number of amides is 2. The summed E-state index contributed by atoms with van der Waals surface area (Å²) in [5.74, 6) is 0.0424. The summed E-state index contributed by atoms with van der Waals surface area (Å²) in [5, 5.41) is 11.8. The SMILES string of the molecule is COc1ccccc1OCC(=O)N(CCC(=O)NC(CCSC)C(=O)O)C1CC1. The highest BCUT2D eigenvalue weighted by Crippen LogP contribution is 2.28. The monoisotopic (exact) mass is 424 g/mol. The van der Waals surface area contributed by atoms with Crippen LogP contribution < -0.4 is 14.8 Å². The molecule has 1 unspecified atom stereocenters. The van der Waals surface area contributed by atoms with Crippen LogP contribution in [0.5, 0.6) is 11.5 Å². The fraction of sp³-hybridized carbons (Fsp3) is 0.550. The number of methoxy groups -OCH3 is 1. The molecule has 160 valence electrons. The van der Waals surface area contributed by atoms with Gasteiger partial charge in [-0.2, -0.15) is 11.8 Å². The van der Waals surface area contributed by atoms with E-state index in [0.29, 0.717) is 23.7 Å². The standard InChI is InChI=1S/C20H28N2O6S/c1-27-16-5-3-4-6-17(16)28-13-19(24)22(14-7-8-14)11-9-18(23)21-15(20(25)26)10-12-29-2/h3-6,14-15H,7-13H2,1-2H3,(H,21,23)(H,25,26). The Morgan fingerprint density at radius 1 is 1.28 bits per heavy atom. The Morgan fingerprint density at radius 3 is 2.55 bits per heavy atom. The number of aliphatic carboxylic acids is 1. The third kappa shape index (κ3) is 7.49. The summed E-state index contributed by atoms with van der Waals surface area (Å²) in [6, 6.07) is 6.28. The van der Waals surface area contributed by atoms with E-state index in [-0.39, 0.29) is 37.4 Å². The number of carboxylic acids is 1. The predicted octanol–water partition coefficient (Wildman–Crippen LogP) is 1.78. The Morgan fingerprint density at radius 2 is 1.97 bits per heavy atom. The fourth-order valence-corrected chi connectivity index (χ4v) is 3.31. The second-order valence-electron chi connectivity index (χ2n) is 6.75. The van der Waals surface area contributed by atoms with Crippen molar-refractivity contribution in [2.45, 2.75) is 37.8 Å². The minimum Gasteiger partial charge on any atom is -0.493 e. The van der Waals surface area contributed by atoms with E-state index in [0.717, 1.165) is 12.8 Å². The number of carbonyl (C=O) groups excluding carboxylic acids is 2. The number of thioether (sulfide) groups is 1. The van der Waals surface area contributed by atoms with Gasteiger partial charge < -0.3 is 24.8 Å². The topological polar surface area (TPSA) is 105 Å². The van der Waals surface area contributed by atoms with Crippen molar-refractivity contribution in [3.8, 4) is 11.5 Å². The highest BCUT2D eigenvalue weighted by atomic mass is 32.2. The number of hydrogen-bond donors (Lipinski definition) is 2. The maximum absolute atomic E-state index is 12.6. The van der Waals surface area contributed by atoms with E-state index >= 15 is 0 Å².